The molecule has 1 amide bonds. The molecular formula is C17H16INO2. The Bertz CT molecular complexity index is 667. The van der Waals surface area contributed by atoms with Gasteiger partial charge in [0, 0.05) is 16.2 Å². The fourth-order valence-electron chi connectivity index (χ4n) is 2.39. The van der Waals surface area contributed by atoms with E-state index in [-0.39, 0.29) is 11.7 Å². The summed E-state index contributed by atoms with van der Waals surface area (Å²) in [5, 5.41) is 9.58. The number of rotatable bonds is 4. The number of hydrogen-bond acceptors (Lipinski definition) is 2. The molecule has 0 atom stereocenters. The zero-order valence-electron chi connectivity index (χ0n) is 11.5. The van der Waals surface area contributed by atoms with Gasteiger partial charge in [0.15, 0.2) is 0 Å². The van der Waals surface area contributed by atoms with Crippen LogP contribution in [0.2, 0.25) is 0 Å². The normalized spacial score (nSPS) is 14.0. The van der Waals surface area contributed by atoms with Crippen LogP contribution in [0.4, 0.5) is 0 Å². The Hall–Kier alpha value is -1.56. The molecule has 1 saturated carbocycles. The molecule has 4 heteroatoms. The number of phenolic OH excluding ortho intramolecular Hbond substituents is 1. The lowest BCUT2D eigenvalue weighted by molar-refractivity contribution is 0.0728. The maximum Gasteiger partial charge on any atom is 0.255 e. The lowest BCUT2D eigenvalue weighted by Gasteiger charge is -2.23. The zero-order valence-corrected chi connectivity index (χ0v) is 13.7. The zero-order chi connectivity index (χ0) is 14.8. The summed E-state index contributed by atoms with van der Waals surface area (Å²) in [6.07, 6.45) is 2.13. The number of phenols is 1. The standard InChI is InChI=1S/C17H16INO2/c18-16-7-2-1-6-15(16)17(21)19(13-8-9-13)11-12-4-3-5-14(20)10-12/h1-7,10,13,20H,8-9,11H2. The van der Waals surface area contributed by atoms with Crippen molar-refractivity contribution in [3.63, 3.8) is 0 Å². The number of amides is 1. The molecule has 0 radical (unpaired) electrons. The van der Waals surface area contributed by atoms with E-state index in [1.165, 1.54) is 0 Å². The summed E-state index contributed by atoms with van der Waals surface area (Å²) in [5.74, 6) is 0.316. The number of carbonyl (C=O) groups excluding carboxylic acids is 1. The molecule has 0 bridgehead atoms. The molecule has 0 spiro atoms. The molecule has 3 rings (SSSR count). The number of benzene rings is 2. The van der Waals surface area contributed by atoms with Crippen molar-refractivity contribution in [1.29, 1.82) is 0 Å². The molecule has 1 aliphatic rings. The molecule has 1 fully saturated rings. The minimum absolute atomic E-state index is 0.0749. The Morgan fingerprint density at radius 1 is 1.19 bits per heavy atom. The maximum atomic E-state index is 12.8. The monoisotopic (exact) mass is 393 g/mol. The quantitative estimate of drug-likeness (QED) is 0.803. The van der Waals surface area contributed by atoms with E-state index in [0.29, 0.717) is 12.6 Å². The van der Waals surface area contributed by atoms with Crippen LogP contribution < -0.4 is 0 Å². The molecule has 0 unspecified atom stereocenters. The van der Waals surface area contributed by atoms with Gasteiger partial charge in [0.2, 0.25) is 0 Å². The van der Waals surface area contributed by atoms with E-state index in [9.17, 15) is 9.90 Å². The average Bonchev–Trinajstić information content (AvgIpc) is 3.29. The van der Waals surface area contributed by atoms with Crippen molar-refractivity contribution >= 4 is 28.5 Å². The first-order chi connectivity index (χ1) is 10.1. The van der Waals surface area contributed by atoms with Crippen LogP contribution in [0.15, 0.2) is 48.5 Å². The smallest absolute Gasteiger partial charge is 0.255 e. The Morgan fingerprint density at radius 2 is 1.95 bits per heavy atom. The first-order valence-corrected chi connectivity index (χ1v) is 8.06. The number of aromatic hydroxyl groups is 1. The van der Waals surface area contributed by atoms with Crippen LogP contribution in [0.3, 0.4) is 0 Å². The van der Waals surface area contributed by atoms with Crippen LogP contribution in [0.1, 0.15) is 28.8 Å². The first-order valence-electron chi connectivity index (χ1n) is 6.98. The molecule has 2 aromatic carbocycles. The molecule has 2 aromatic rings. The topological polar surface area (TPSA) is 40.5 Å². The largest absolute Gasteiger partial charge is 0.508 e. The predicted octanol–water partition coefficient (Wildman–Crippen LogP) is 3.80. The van der Waals surface area contributed by atoms with Crippen LogP contribution in [0, 0.1) is 3.57 Å². The summed E-state index contributed by atoms with van der Waals surface area (Å²) in [5.41, 5.74) is 1.71. The van der Waals surface area contributed by atoms with E-state index in [2.05, 4.69) is 22.6 Å². The summed E-state index contributed by atoms with van der Waals surface area (Å²) in [6, 6.07) is 15.1. The van der Waals surface area contributed by atoms with Gasteiger partial charge in [-0.05, 0) is 65.3 Å². The molecule has 0 heterocycles. The minimum Gasteiger partial charge on any atom is -0.508 e. The summed E-state index contributed by atoms with van der Waals surface area (Å²) >= 11 is 2.20. The number of halogens is 1. The van der Waals surface area contributed by atoms with E-state index in [1.807, 2.05) is 41.3 Å². The second-order valence-corrected chi connectivity index (χ2v) is 6.48. The maximum absolute atomic E-state index is 12.8. The molecule has 0 aromatic heterocycles. The van der Waals surface area contributed by atoms with Crippen LogP contribution in [0.5, 0.6) is 5.75 Å². The Morgan fingerprint density at radius 3 is 2.62 bits per heavy atom. The fourth-order valence-corrected chi connectivity index (χ4v) is 3.01. The molecule has 1 aliphatic carbocycles. The van der Waals surface area contributed by atoms with Crippen molar-refractivity contribution in [2.45, 2.75) is 25.4 Å². The molecule has 21 heavy (non-hydrogen) atoms. The first kappa shape index (κ1) is 14.4. The minimum atomic E-state index is 0.0749. The van der Waals surface area contributed by atoms with Gasteiger partial charge < -0.3 is 10.0 Å². The third-order valence-corrected chi connectivity index (χ3v) is 4.56. The van der Waals surface area contributed by atoms with Gasteiger partial charge in [-0.1, -0.05) is 24.3 Å². The third-order valence-electron chi connectivity index (χ3n) is 3.62. The van der Waals surface area contributed by atoms with Gasteiger partial charge >= 0.3 is 0 Å². The highest BCUT2D eigenvalue weighted by Crippen LogP contribution is 2.31. The second-order valence-electron chi connectivity index (χ2n) is 5.31. The summed E-state index contributed by atoms with van der Waals surface area (Å²) in [7, 11) is 0. The van der Waals surface area contributed by atoms with Gasteiger partial charge in [0.1, 0.15) is 5.75 Å². The van der Waals surface area contributed by atoms with Crippen molar-refractivity contribution in [2.75, 3.05) is 0 Å². The number of carbonyl (C=O) groups is 1. The van der Waals surface area contributed by atoms with Gasteiger partial charge in [-0.15, -0.1) is 0 Å². The van der Waals surface area contributed by atoms with Crippen molar-refractivity contribution in [1.82, 2.24) is 4.90 Å². The summed E-state index contributed by atoms with van der Waals surface area (Å²) < 4.78 is 0.974. The molecule has 108 valence electrons. The SMILES string of the molecule is O=C(c1ccccc1I)N(Cc1cccc(O)c1)C1CC1. The highest BCUT2D eigenvalue weighted by molar-refractivity contribution is 14.1. The van der Waals surface area contributed by atoms with Crippen LogP contribution in [-0.4, -0.2) is 22.0 Å². The lowest BCUT2D eigenvalue weighted by Crippen LogP contribution is -2.33. The number of hydrogen-bond donors (Lipinski definition) is 1. The highest BCUT2D eigenvalue weighted by Gasteiger charge is 2.33. The molecule has 0 saturated heterocycles. The average molecular weight is 393 g/mol. The fraction of sp³-hybridized carbons (Fsp3) is 0.235. The van der Waals surface area contributed by atoms with Crippen molar-refractivity contribution in [3.8, 4) is 5.75 Å². The van der Waals surface area contributed by atoms with E-state index >= 15 is 0 Å². The van der Waals surface area contributed by atoms with Crippen molar-refractivity contribution in [2.24, 2.45) is 0 Å². The molecule has 3 nitrogen and oxygen atoms in total. The van der Waals surface area contributed by atoms with E-state index in [4.69, 9.17) is 0 Å². The Balaban J connectivity index is 1.85. The molecular weight excluding hydrogens is 377 g/mol. The van der Waals surface area contributed by atoms with Crippen molar-refractivity contribution < 1.29 is 9.90 Å². The summed E-state index contributed by atoms with van der Waals surface area (Å²) in [6.45, 7) is 0.545. The van der Waals surface area contributed by atoms with Crippen LogP contribution in [-0.2, 0) is 6.54 Å². The second kappa shape index (κ2) is 6.05. The summed E-state index contributed by atoms with van der Waals surface area (Å²) in [4.78, 5) is 14.7. The van der Waals surface area contributed by atoms with E-state index in [0.717, 1.165) is 27.5 Å². The van der Waals surface area contributed by atoms with Crippen LogP contribution in [0.25, 0.3) is 0 Å². The van der Waals surface area contributed by atoms with Gasteiger partial charge in [-0.3, -0.25) is 4.79 Å². The van der Waals surface area contributed by atoms with Gasteiger partial charge in [0.25, 0.3) is 5.91 Å². The van der Waals surface area contributed by atoms with E-state index in [1.54, 1.807) is 12.1 Å². The number of nitrogens with zero attached hydrogens (tertiary/aromatic N) is 1. The molecule has 0 aliphatic heterocycles. The van der Waals surface area contributed by atoms with Crippen molar-refractivity contribution in [3.05, 3.63) is 63.2 Å². The van der Waals surface area contributed by atoms with Gasteiger partial charge in [-0.25, -0.2) is 0 Å². The lowest BCUT2D eigenvalue weighted by atomic mass is 10.1. The molecule has 1 N–H and O–H groups in total. The Kier molecular flexibility index (Phi) is 4.14. The highest BCUT2D eigenvalue weighted by atomic mass is 127. The third kappa shape index (κ3) is 3.37. The Labute approximate surface area is 137 Å². The van der Waals surface area contributed by atoms with Gasteiger partial charge in [-0.2, -0.15) is 0 Å². The van der Waals surface area contributed by atoms with E-state index < -0.39 is 0 Å². The van der Waals surface area contributed by atoms with Crippen LogP contribution >= 0.6 is 22.6 Å². The predicted molar refractivity (Wildman–Crippen MR) is 90.2 cm³/mol. The van der Waals surface area contributed by atoms with Gasteiger partial charge in [0.05, 0.1) is 5.56 Å².